The van der Waals surface area contributed by atoms with Gasteiger partial charge in [-0.25, -0.2) is 9.07 Å². The summed E-state index contributed by atoms with van der Waals surface area (Å²) in [5, 5.41) is 10.3. The predicted molar refractivity (Wildman–Crippen MR) is 111 cm³/mol. The molecule has 1 aromatic carbocycles. The summed E-state index contributed by atoms with van der Waals surface area (Å²) in [6, 6.07) is 8.14. The van der Waals surface area contributed by atoms with Crippen LogP contribution in [0.1, 0.15) is 18.5 Å². The molecule has 0 spiro atoms. The predicted octanol–water partition coefficient (Wildman–Crippen LogP) is 1.15. The van der Waals surface area contributed by atoms with Crippen LogP contribution in [0, 0.1) is 12.7 Å². The maximum atomic E-state index is 13.2. The minimum absolute atomic E-state index is 0.0909. The van der Waals surface area contributed by atoms with Gasteiger partial charge in [-0.2, -0.15) is 5.10 Å². The van der Waals surface area contributed by atoms with Gasteiger partial charge in [0.05, 0.1) is 24.5 Å². The fourth-order valence-electron chi connectivity index (χ4n) is 3.56. The first-order chi connectivity index (χ1) is 14.5. The number of rotatable bonds is 7. The number of hydrogen-bond donors (Lipinski definition) is 2. The normalized spacial score (nSPS) is 17.7. The third-order valence-electron chi connectivity index (χ3n) is 5.31. The lowest BCUT2D eigenvalue weighted by molar-refractivity contribution is -0.123. The number of carbonyl (C=O) groups is 2. The van der Waals surface area contributed by atoms with Crippen molar-refractivity contribution in [2.45, 2.75) is 25.8 Å². The summed E-state index contributed by atoms with van der Waals surface area (Å²) >= 11 is 0. The molecule has 8 nitrogen and oxygen atoms in total. The Morgan fingerprint density at radius 1 is 1.03 bits per heavy atom. The lowest BCUT2D eigenvalue weighted by Gasteiger charge is -2.33. The SMILES string of the molecule is Cc1cc(NC(=O)CN2CCN(CC(=O)NC3CC3)CC2)n(-c2ccc(F)cc2)n1. The molecule has 1 aromatic heterocycles. The van der Waals surface area contributed by atoms with Crippen LogP contribution in [0.3, 0.4) is 0 Å². The van der Waals surface area contributed by atoms with E-state index in [1.807, 2.05) is 6.92 Å². The van der Waals surface area contributed by atoms with E-state index in [0.29, 0.717) is 24.1 Å². The Labute approximate surface area is 175 Å². The van der Waals surface area contributed by atoms with E-state index in [9.17, 15) is 14.0 Å². The van der Waals surface area contributed by atoms with E-state index in [4.69, 9.17) is 0 Å². The molecule has 2 aromatic rings. The monoisotopic (exact) mass is 414 g/mol. The number of piperazine rings is 1. The fraction of sp³-hybridized carbons (Fsp3) is 0.476. The van der Waals surface area contributed by atoms with E-state index in [0.717, 1.165) is 44.7 Å². The van der Waals surface area contributed by atoms with Crippen molar-refractivity contribution >= 4 is 17.6 Å². The van der Waals surface area contributed by atoms with Gasteiger partial charge < -0.3 is 10.6 Å². The molecule has 2 heterocycles. The van der Waals surface area contributed by atoms with Crippen LogP contribution in [-0.2, 0) is 9.59 Å². The van der Waals surface area contributed by atoms with E-state index < -0.39 is 0 Å². The summed E-state index contributed by atoms with van der Waals surface area (Å²) in [5.41, 5.74) is 1.44. The first-order valence-corrected chi connectivity index (χ1v) is 10.3. The number of amides is 2. The smallest absolute Gasteiger partial charge is 0.239 e. The Bertz CT molecular complexity index is 901. The van der Waals surface area contributed by atoms with Crippen molar-refractivity contribution in [2.75, 3.05) is 44.6 Å². The Morgan fingerprint density at radius 3 is 2.23 bits per heavy atom. The Hall–Kier alpha value is -2.78. The van der Waals surface area contributed by atoms with Crippen molar-refractivity contribution in [2.24, 2.45) is 0 Å². The van der Waals surface area contributed by atoms with E-state index in [1.54, 1.807) is 22.9 Å². The fourth-order valence-corrected chi connectivity index (χ4v) is 3.56. The minimum atomic E-state index is -0.322. The standard InChI is InChI=1S/C21H27FN6O2/c1-15-12-19(28(25-15)18-6-2-16(22)3-7-18)24-21(30)14-27-10-8-26(9-11-27)13-20(29)23-17-4-5-17/h2-3,6-7,12,17H,4-5,8-11,13-14H2,1H3,(H,23,29)(H,24,30). The number of halogens is 1. The van der Waals surface area contributed by atoms with E-state index >= 15 is 0 Å². The molecule has 1 saturated heterocycles. The number of benzene rings is 1. The Balaban J connectivity index is 1.27. The summed E-state index contributed by atoms with van der Waals surface area (Å²) < 4.78 is 14.8. The number of anilines is 1. The van der Waals surface area contributed by atoms with E-state index in [-0.39, 0.29) is 24.2 Å². The number of aryl methyl sites for hydroxylation is 1. The third-order valence-corrected chi connectivity index (χ3v) is 5.31. The molecule has 2 amide bonds. The molecule has 0 bridgehead atoms. The van der Waals surface area contributed by atoms with Gasteiger partial charge in [-0.1, -0.05) is 0 Å². The molecule has 30 heavy (non-hydrogen) atoms. The summed E-state index contributed by atoms with van der Waals surface area (Å²) in [5.74, 6) is 0.197. The number of carbonyl (C=O) groups excluding carboxylic acids is 2. The molecule has 160 valence electrons. The van der Waals surface area contributed by atoms with Gasteiger partial charge in [0.15, 0.2) is 0 Å². The van der Waals surface area contributed by atoms with Crippen LogP contribution in [0.4, 0.5) is 10.2 Å². The van der Waals surface area contributed by atoms with Crippen LogP contribution >= 0.6 is 0 Å². The summed E-state index contributed by atoms with van der Waals surface area (Å²) in [6.07, 6.45) is 2.18. The molecule has 1 aliphatic carbocycles. The molecule has 2 aliphatic rings. The molecule has 0 radical (unpaired) electrons. The second kappa shape index (κ2) is 8.93. The van der Waals surface area contributed by atoms with Crippen molar-refractivity contribution in [3.8, 4) is 5.69 Å². The highest BCUT2D eigenvalue weighted by Gasteiger charge is 2.25. The van der Waals surface area contributed by atoms with E-state index in [1.165, 1.54) is 12.1 Å². The Morgan fingerprint density at radius 2 is 1.63 bits per heavy atom. The summed E-state index contributed by atoms with van der Waals surface area (Å²) in [4.78, 5) is 28.7. The second-order valence-corrected chi connectivity index (χ2v) is 8.00. The van der Waals surface area contributed by atoms with Crippen molar-refractivity contribution in [1.82, 2.24) is 24.9 Å². The van der Waals surface area contributed by atoms with Crippen LogP contribution in [0.15, 0.2) is 30.3 Å². The van der Waals surface area contributed by atoms with Gasteiger partial charge >= 0.3 is 0 Å². The molecular formula is C21H27FN6O2. The topological polar surface area (TPSA) is 82.5 Å². The van der Waals surface area contributed by atoms with Crippen molar-refractivity contribution in [1.29, 1.82) is 0 Å². The number of hydrogen-bond acceptors (Lipinski definition) is 5. The van der Waals surface area contributed by atoms with Crippen LogP contribution < -0.4 is 10.6 Å². The van der Waals surface area contributed by atoms with Crippen LogP contribution in [-0.4, -0.2) is 76.7 Å². The zero-order valence-corrected chi connectivity index (χ0v) is 17.1. The lowest BCUT2D eigenvalue weighted by Crippen LogP contribution is -2.51. The summed E-state index contributed by atoms with van der Waals surface area (Å²) in [6.45, 7) is 5.54. The third kappa shape index (κ3) is 5.43. The first kappa shape index (κ1) is 20.5. The minimum Gasteiger partial charge on any atom is -0.352 e. The van der Waals surface area contributed by atoms with E-state index in [2.05, 4.69) is 25.5 Å². The molecule has 4 rings (SSSR count). The molecule has 0 unspecified atom stereocenters. The Kier molecular flexibility index (Phi) is 6.10. The van der Waals surface area contributed by atoms with Gasteiger partial charge in [0.25, 0.3) is 0 Å². The molecule has 2 N–H and O–H groups in total. The molecular weight excluding hydrogens is 387 g/mol. The van der Waals surface area contributed by atoms with Crippen molar-refractivity contribution in [3.63, 3.8) is 0 Å². The highest BCUT2D eigenvalue weighted by molar-refractivity contribution is 5.91. The average molecular weight is 414 g/mol. The van der Waals surface area contributed by atoms with Crippen LogP contribution in [0.5, 0.6) is 0 Å². The van der Waals surface area contributed by atoms with Gasteiger partial charge in [-0.15, -0.1) is 0 Å². The van der Waals surface area contributed by atoms with Gasteiger partial charge in [0.2, 0.25) is 11.8 Å². The molecule has 9 heteroatoms. The van der Waals surface area contributed by atoms with Gasteiger partial charge in [-0.05, 0) is 44.0 Å². The highest BCUT2D eigenvalue weighted by atomic mass is 19.1. The number of aromatic nitrogens is 2. The zero-order valence-electron chi connectivity index (χ0n) is 17.1. The quantitative estimate of drug-likeness (QED) is 0.711. The second-order valence-electron chi connectivity index (χ2n) is 8.00. The average Bonchev–Trinajstić information content (AvgIpc) is 3.44. The molecule has 2 fully saturated rings. The van der Waals surface area contributed by atoms with Crippen LogP contribution in [0.2, 0.25) is 0 Å². The maximum absolute atomic E-state index is 13.2. The van der Waals surface area contributed by atoms with Crippen LogP contribution in [0.25, 0.3) is 5.69 Å². The van der Waals surface area contributed by atoms with Crippen molar-refractivity contribution in [3.05, 3.63) is 41.8 Å². The first-order valence-electron chi connectivity index (χ1n) is 10.3. The highest BCUT2D eigenvalue weighted by Crippen LogP contribution is 2.19. The molecule has 1 saturated carbocycles. The molecule has 0 atom stereocenters. The molecule has 1 aliphatic heterocycles. The van der Waals surface area contributed by atoms with Gasteiger partial charge in [-0.3, -0.25) is 19.4 Å². The summed E-state index contributed by atoms with van der Waals surface area (Å²) in [7, 11) is 0. The van der Waals surface area contributed by atoms with Gasteiger partial charge in [0.1, 0.15) is 11.6 Å². The number of nitrogens with one attached hydrogen (secondary N) is 2. The van der Waals surface area contributed by atoms with Crippen molar-refractivity contribution < 1.29 is 14.0 Å². The lowest BCUT2D eigenvalue weighted by atomic mass is 10.3. The number of nitrogens with zero attached hydrogens (tertiary/aromatic N) is 4. The maximum Gasteiger partial charge on any atom is 0.239 e. The largest absolute Gasteiger partial charge is 0.352 e. The zero-order chi connectivity index (χ0) is 21.1. The van der Waals surface area contributed by atoms with Gasteiger partial charge in [0, 0.05) is 38.3 Å².